The molecule has 3 atom stereocenters. The van der Waals surface area contributed by atoms with Crippen molar-refractivity contribution in [3.8, 4) is 5.75 Å². The summed E-state index contributed by atoms with van der Waals surface area (Å²) < 4.78 is 48.6. The maximum Gasteiger partial charge on any atom is 0.261 e. The van der Waals surface area contributed by atoms with Crippen LogP contribution < -0.4 is 14.8 Å². The molecule has 0 aromatic heterocycles. The first-order valence-electron chi connectivity index (χ1n) is 11.7. The Bertz CT molecular complexity index is 1410. The van der Waals surface area contributed by atoms with E-state index in [1.807, 2.05) is 30.0 Å². The molecule has 2 heterocycles. The predicted octanol–water partition coefficient (Wildman–Crippen LogP) is 5.95. The molecule has 3 aromatic rings. The summed E-state index contributed by atoms with van der Waals surface area (Å²) in [6, 6.07) is 19.2. The van der Waals surface area contributed by atoms with Gasteiger partial charge in [0.25, 0.3) is 10.0 Å². The fraction of sp³-hybridized carbons (Fsp3) is 0.259. The highest BCUT2D eigenvalue weighted by Crippen LogP contribution is 2.50. The van der Waals surface area contributed by atoms with Crippen LogP contribution >= 0.6 is 11.8 Å². The van der Waals surface area contributed by atoms with Gasteiger partial charge in [-0.15, -0.1) is 0 Å². The van der Waals surface area contributed by atoms with E-state index < -0.39 is 15.8 Å². The lowest BCUT2D eigenvalue weighted by Crippen LogP contribution is -2.31. The van der Waals surface area contributed by atoms with Crippen molar-refractivity contribution in [1.29, 1.82) is 0 Å². The Morgan fingerprint density at radius 1 is 1.03 bits per heavy atom. The van der Waals surface area contributed by atoms with Crippen LogP contribution in [-0.2, 0) is 10.0 Å². The van der Waals surface area contributed by atoms with Gasteiger partial charge in [-0.3, -0.25) is 4.72 Å². The predicted molar refractivity (Wildman–Crippen MR) is 138 cm³/mol. The van der Waals surface area contributed by atoms with Gasteiger partial charge < -0.3 is 10.1 Å². The van der Waals surface area contributed by atoms with E-state index in [0.29, 0.717) is 0 Å². The van der Waals surface area contributed by atoms with Crippen LogP contribution in [0, 0.1) is 11.7 Å². The minimum atomic E-state index is -3.94. The molecule has 35 heavy (non-hydrogen) atoms. The zero-order valence-electron chi connectivity index (χ0n) is 18.9. The van der Waals surface area contributed by atoms with Gasteiger partial charge in [0.15, 0.2) is 0 Å². The second kappa shape index (κ2) is 8.91. The number of hydrogen-bond donors (Lipinski definition) is 2. The first-order chi connectivity index (χ1) is 17.0. The Hall–Kier alpha value is -2.97. The molecule has 5 nitrogen and oxygen atoms in total. The van der Waals surface area contributed by atoms with E-state index in [2.05, 4.69) is 34.3 Å². The summed E-state index contributed by atoms with van der Waals surface area (Å²) in [5, 5.41) is 3.66. The molecule has 6 rings (SSSR count). The third kappa shape index (κ3) is 4.29. The molecule has 0 spiro atoms. The Morgan fingerprint density at radius 2 is 1.89 bits per heavy atom. The number of para-hydroxylation sites is 1. The first kappa shape index (κ1) is 22.5. The second-order valence-corrected chi connectivity index (χ2v) is 11.9. The molecule has 8 heteroatoms. The van der Waals surface area contributed by atoms with Crippen LogP contribution in [0.2, 0.25) is 0 Å². The van der Waals surface area contributed by atoms with E-state index in [9.17, 15) is 12.8 Å². The van der Waals surface area contributed by atoms with Gasteiger partial charge in [0, 0.05) is 23.1 Å². The number of ether oxygens (including phenoxy) is 1. The zero-order chi connectivity index (χ0) is 24.0. The van der Waals surface area contributed by atoms with Crippen molar-refractivity contribution < 1.29 is 17.5 Å². The number of halogens is 1. The Balaban J connectivity index is 1.30. The topological polar surface area (TPSA) is 67.4 Å². The molecular weight excluding hydrogens is 483 g/mol. The highest BCUT2D eigenvalue weighted by atomic mass is 32.2. The van der Waals surface area contributed by atoms with Crippen LogP contribution in [0.3, 0.4) is 0 Å². The van der Waals surface area contributed by atoms with Gasteiger partial charge in [0.1, 0.15) is 17.7 Å². The van der Waals surface area contributed by atoms with Crippen LogP contribution in [0.15, 0.2) is 83.8 Å². The van der Waals surface area contributed by atoms with Crippen molar-refractivity contribution in [2.45, 2.75) is 29.4 Å². The van der Waals surface area contributed by atoms with Crippen molar-refractivity contribution in [2.24, 2.45) is 5.92 Å². The number of nitrogens with one attached hydrogen (secondary N) is 2. The molecule has 3 aliphatic rings. The highest BCUT2D eigenvalue weighted by molar-refractivity contribution is 8.00. The van der Waals surface area contributed by atoms with E-state index in [4.69, 9.17) is 4.74 Å². The van der Waals surface area contributed by atoms with Crippen molar-refractivity contribution in [2.75, 3.05) is 21.5 Å². The summed E-state index contributed by atoms with van der Waals surface area (Å²) in [6.07, 6.45) is 5.53. The molecule has 0 bridgehead atoms. The van der Waals surface area contributed by atoms with Crippen LogP contribution in [0.25, 0.3) is 0 Å². The summed E-state index contributed by atoms with van der Waals surface area (Å²) in [7, 11) is -3.94. The standard InChI is InChI=1S/C27H25FN2O3S2/c28-24-9-1-2-10-26(24)30-35(31,32)20-11-12-25-23(14-20)21-7-4-8-22(21)27(29-25)17-5-3-6-18(13-17)33-19-15-34-16-19/h1-7,9-14,19,21-22,27,29-30H,8,15-16H2/t21-,22+,27+/m0/s1. The lowest BCUT2D eigenvalue weighted by atomic mass is 9.77. The van der Waals surface area contributed by atoms with Crippen molar-refractivity contribution >= 4 is 33.2 Å². The van der Waals surface area contributed by atoms with E-state index in [-0.39, 0.29) is 34.6 Å². The highest BCUT2D eigenvalue weighted by Gasteiger charge is 2.38. The largest absolute Gasteiger partial charge is 0.489 e. The third-order valence-corrected chi connectivity index (χ3v) is 9.47. The normalized spacial score (nSPS) is 23.1. The quantitative estimate of drug-likeness (QED) is 0.403. The summed E-state index contributed by atoms with van der Waals surface area (Å²) in [4.78, 5) is 0.118. The van der Waals surface area contributed by atoms with E-state index in [1.165, 1.54) is 18.2 Å². The van der Waals surface area contributed by atoms with Crippen molar-refractivity contribution in [1.82, 2.24) is 0 Å². The number of allylic oxidation sites excluding steroid dienone is 2. The van der Waals surface area contributed by atoms with E-state index in [1.54, 1.807) is 18.2 Å². The van der Waals surface area contributed by atoms with Crippen molar-refractivity contribution in [3.63, 3.8) is 0 Å². The number of anilines is 2. The Morgan fingerprint density at radius 3 is 2.69 bits per heavy atom. The van der Waals surface area contributed by atoms with Gasteiger partial charge in [0.2, 0.25) is 0 Å². The minimum Gasteiger partial charge on any atom is -0.489 e. The molecule has 0 amide bonds. The van der Waals surface area contributed by atoms with Crippen molar-refractivity contribution in [3.05, 3.63) is 95.8 Å². The monoisotopic (exact) mass is 508 g/mol. The molecule has 1 saturated heterocycles. The van der Waals surface area contributed by atoms with Crippen LogP contribution in [0.1, 0.15) is 29.5 Å². The molecule has 3 aromatic carbocycles. The molecule has 1 fully saturated rings. The fourth-order valence-electron chi connectivity index (χ4n) is 5.07. The number of thioether (sulfide) groups is 1. The maximum atomic E-state index is 14.1. The van der Waals surface area contributed by atoms with Gasteiger partial charge >= 0.3 is 0 Å². The Kier molecular flexibility index (Phi) is 5.73. The van der Waals surface area contributed by atoms with Gasteiger partial charge in [-0.05, 0) is 65.9 Å². The molecule has 0 radical (unpaired) electrons. The third-order valence-electron chi connectivity index (χ3n) is 6.89. The number of sulfonamides is 1. The Labute approximate surface area is 208 Å². The van der Waals surface area contributed by atoms with E-state index >= 15 is 0 Å². The second-order valence-electron chi connectivity index (χ2n) is 9.16. The average Bonchev–Trinajstić information content (AvgIpc) is 3.33. The lowest BCUT2D eigenvalue weighted by Gasteiger charge is -2.38. The van der Waals surface area contributed by atoms with E-state index in [0.717, 1.165) is 40.5 Å². The first-order valence-corrected chi connectivity index (χ1v) is 14.3. The van der Waals surface area contributed by atoms with Gasteiger partial charge in [0.05, 0.1) is 16.6 Å². The molecule has 0 unspecified atom stereocenters. The smallest absolute Gasteiger partial charge is 0.261 e. The summed E-state index contributed by atoms with van der Waals surface area (Å²) in [5.41, 5.74) is 2.95. The van der Waals surface area contributed by atoms with Gasteiger partial charge in [-0.25, -0.2) is 12.8 Å². The average molecular weight is 509 g/mol. The molecule has 0 saturated carbocycles. The summed E-state index contributed by atoms with van der Waals surface area (Å²) in [6.45, 7) is 0. The summed E-state index contributed by atoms with van der Waals surface area (Å²) in [5.74, 6) is 2.70. The molecule has 1 aliphatic carbocycles. The number of benzene rings is 3. The van der Waals surface area contributed by atoms with Crippen LogP contribution in [-0.4, -0.2) is 26.0 Å². The minimum absolute atomic E-state index is 0.0651. The van der Waals surface area contributed by atoms with Crippen LogP contribution in [0.5, 0.6) is 5.75 Å². The lowest BCUT2D eigenvalue weighted by molar-refractivity contribution is 0.240. The maximum absolute atomic E-state index is 14.1. The number of rotatable bonds is 6. The zero-order valence-corrected chi connectivity index (χ0v) is 20.5. The van der Waals surface area contributed by atoms with Gasteiger partial charge in [-0.1, -0.05) is 36.4 Å². The van der Waals surface area contributed by atoms with Gasteiger partial charge in [-0.2, -0.15) is 11.8 Å². The van der Waals surface area contributed by atoms with Crippen LogP contribution in [0.4, 0.5) is 15.8 Å². The summed E-state index contributed by atoms with van der Waals surface area (Å²) >= 11 is 1.89. The molecular formula is C27H25FN2O3S2. The molecule has 2 aliphatic heterocycles. The molecule has 180 valence electrons. The molecule has 2 N–H and O–H groups in total. The number of hydrogen-bond acceptors (Lipinski definition) is 5. The number of fused-ring (bicyclic) bond motifs is 3. The fourth-order valence-corrected chi connectivity index (χ4v) is 6.74. The SMILES string of the molecule is O=S(=O)(Nc1ccccc1F)c1ccc2c(c1)[C@H]1C=CC[C@H]1[C@@H](c1cccc(OC3CSC3)c1)N2.